The molecule has 0 spiro atoms. The molecule has 130 valence electrons. The molecule has 1 aromatic carbocycles. The van der Waals surface area contributed by atoms with E-state index in [-0.39, 0.29) is 18.2 Å². The molecule has 2 amide bonds. The van der Waals surface area contributed by atoms with Gasteiger partial charge in [0.25, 0.3) is 0 Å². The van der Waals surface area contributed by atoms with Crippen molar-refractivity contribution >= 4 is 11.7 Å². The van der Waals surface area contributed by atoms with Crippen molar-refractivity contribution in [2.24, 2.45) is 0 Å². The standard InChI is InChI=1S/C17H20N6O2/c1-11(2)25-15-5-3-12(8-18)7-14(15)22-17(24)21-13-4-6-16-19-10-20-23(16)9-13/h3,5,7,10-11,13H,4,6,9H2,1-2H3,(H2,21,22,24)/t13-/m1/s1. The lowest BCUT2D eigenvalue weighted by Gasteiger charge is -2.24. The normalized spacial score (nSPS) is 16.0. The zero-order valence-electron chi connectivity index (χ0n) is 14.2. The summed E-state index contributed by atoms with van der Waals surface area (Å²) in [5.74, 6) is 1.47. The third kappa shape index (κ3) is 4.07. The van der Waals surface area contributed by atoms with Gasteiger partial charge in [-0.15, -0.1) is 0 Å². The fourth-order valence-corrected chi connectivity index (χ4v) is 2.75. The molecule has 0 unspecified atom stereocenters. The number of nitriles is 1. The molecule has 1 aliphatic rings. The van der Waals surface area contributed by atoms with E-state index in [2.05, 4.69) is 26.8 Å². The van der Waals surface area contributed by atoms with E-state index in [1.165, 1.54) is 6.33 Å². The second-order valence-electron chi connectivity index (χ2n) is 6.18. The lowest BCUT2D eigenvalue weighted by atomic mass is 10.1. The number of nitrogens with one attached hydrogen (secondary N) is 2. The molecular formula is C17H20N6O2. The molecule has 1 aliphatic heterocycles. The first-order valence-corrected chi connectivity index (χ1v) is 8.20. The Hall–Kier alpha value is -3.08. The number of urea groups is 1. The van der Waals surface area contributed by atoms with Crippen LogP contribution >= 0.6 is 0 Å². The average molecular weight is 340 g/mol. The van der Waals surface area contributed by atoms with Crippen molar-refractivity contribution in [3.05, 3.63) is 35.9 Å². The van der Waals surface area contributed by atoms with Gasteiger partial charge >= 0.3 is 6.03 Å². The van der Waals surface area contributed by atoms with E-state index in [4.69, 9.17) is 10.00 Å². The van der Waals surface area contributed by atoms with Crippen LogP contribution in [0.2, 0.25) is 0 Å². The topological polar surface area (TPSA) is 105 Å². The fourth-order valence-electron chi connectivity index (χ4n) is 2.75. The van der Waals surface area contributed by atoms with Crippen molar-refractivity contribution in [3.8, 4) is 11.8 Å². The quantitative estimate of drug-likeness (QED) is 0.886. The van der Waals surface area contributed by atoms with E-state index < -0.39 is 0 Å². The third-order valence-electron chi connectivity index (χ3n) is 3.86. The van der Waals surface area contributed by atoms with Gasteiger partial charge in [0.05, 0.1) is 36.0 Å². The summed E-state index contributed by atoms with van der Waals surface area (Å²) in [6, 6.07) is 6.66. The maximum Gasteiger partial charge on any atom is 0.319 e. The average Bonchev–Trinajstić information content (AvgIpc) is 3.03. The first kappa shape index (κ1) is 16.8. The van der Waals surface area contributed by atoms with Gasteiger partial charge in [-0.3, -0.25) is 0 Å². The van der Waals surface area contributed by atoms with Crippen LogP contribution in [0.15, 0.2) is 24.5 Å². The van der Waals surface area contributed by atoms with Crippen molar-refractivity contribution < 1.29 is 9.53 Å². The number of amides is 2. The second-order valence-corrected chi connectivity index (χ2v) is 6.18. The van der Waals surface area contributed by atoms with E-state index in [1.807, 2.05) is 13.8 Å². The second kappa shape index (κ2) is 7.21. The molecule has 2 N–H and O–H groups in total. The Bertz CT molecular complexity index is 808. The molecule has 2 aromatic rings. The smallest absolute Gasteiger partial charge is 0.319 e. The van der Waals surface area contributed by atoms with Crippen molar-refractivity contribution in [1.82, 2.24) is 20.1 Å². The van der Waals surface area contributed by atoms with Crippen LogP contribution in [0, 0.1) is 11.3 Å². The largest absolute Gasteiger partial charge is 0.489 e. The van der Waals surface area contributed by atoms with Crippen LogP contribution in [-0.2, 0) is 13.0 Å². The van der Waals surface area contributed by atoms with Gasteiger partial charge in [0, 0.05) is 6.42 Å². The van der Waals surface area contributed by atoms with Crippen LogP contribution in [0.25, 0.3) is 0 Å². The summed E-state index contributed by atoms with van der Waals surface area (Å²) in [5.41, 5.74) is 0.929. The predicted octanol–water partition coefficient (Wildman–Crippen LogP) is 2.07. The molecule has 0 fully saturated rings. The summed E-state index contributed by atoms with van der Waals surface area (Å²) in [4.78, 5) is 16.5. The van der Waals surface area contributed by atoms with E-state index >= 15 is 0 Å². The maximum atomic E-state index is 12.4. The number of nitrogens with zero attached hydrogens (tertiary/aromatic N) is 4. The maximum absolute atomic E-state index is 12.4. The molecule has 0 radical (unpaired) electrons. The molecule has 2 heterocycles. The lowest BCUT2D eigenvalue weighted by molar-refractivity contribution is 0.239. The minimum atomic E-state index is -0.336. The predicted molar refractivity (Wildman–Crippen MR) is 91.2 cm³/mol. The first-order valence-electron chi connectivity index (χ1n) is 8.20. The van der Waals surface area contributed by atoms with Gasteiger partial charge in [-0.05, 0) is 38.5 Å². The molecule has 3 rings (SSSR count). The highest BCUT2D eigenvalue weighted by Crippen LogP contribution is 2.26. The molecule has 8 nitrogen and oxygen atoms in total. The Labute approximate surface area is 145 Å². The number of aryl methyl sites for hydroxylation is 1. The van der Waals surface area contributed by atoms with E-state index in [9.17, 15) is 4.79 Å². The van der Waals surface area contributed by atoms with Gasteiger partial charge in [0.15, 0.2) is 0 Å². The zero-order chi connectivity index (χ0) is 17.8. The van der Waals surface area contributed by atoms with Crippen LogP contribution in [-0.4, -0.2) is 32.9 Å². The number of rotatable bonds is 4. The number of benzene rings is 1. The van der Waals surface area contributed by atoms with Gasteiger partial charge < -0.3 is 15.4 Å². The van der Waals surface area contributed by atoms with E-state index in [0.29, 0.717) is 23.5 Å². The Morgan fingerprint density at radius 3 is 3.08 bits per heavy atom. The number of fused-ring (bicyclic) bond motifs is 1. The fraction of sp³-hybridized carbons (Fsp3) is 0.412. The van der Waals surface area contributed by atoms with Gasteiger partial charge in [-0.1, -0.05) is 0 Å². The summed E-state index contributed by atoms with van der Waals surface area (Å²) < 4.78 is 7.50. The Balaban J connectivity index is 1.67. The van der Waals surface area contributed by atoms with Crippen LogP contribution in [0.5, 0.6) is 5.75 Å². The first-order chi connectivity index (χ1) is 12.0. The number of carbonyl (C=O) groups is 1. The Morgan fingerprint density at radius 1 is 1.48 bits per heavy atom. The number of hydrogen-bond donors (Lipinski definition) is 2. The number of ether oxygens (including phenoxy) is 1. The highest BCUT2D eigenvalue weighted by Gasteiger charge is 2.21. The van der Waals surface area contributed by atoms with Crippen LogP contribution in [0.3, 0.4) is 0 Å². The number of hydrogen-bond acceptors (Lipinski definition) is 5. The Morgan fingerprint density at radius 2 is 2.32 bits per heavy atom. The summed E-state index contributed by atoms with van der Waals surface area (Å²) in [6.45, 7) is 4.40. The van der Waals surface area contributed by atoms with Crippen LogP contribution < -0.4 is 15.4 Å². The molecule has 0 saturated heterocycles. The highest BCUT2D eigenvalue weighted by molar-refractivity contribution is 5.91. The van der Waals surface area contributed by atoms with Crippen molar-refractivity contribution in [2.75, 3.05) is 5.32 Å². The molecule has 8 heteroatoms. The molecule has 0 aliphatic carbocycles. The minimum absolute atomic E-state index is 0.0252. The number of carbonyl (C=O) groups excluding carboxylic acids is 1. The molecular weight excluding hydrogens is 320 g/mol. The van der Waals surface area contributed by atoms with Crippen molar-refractivity contribution in [1.29, 1.82) is 5.26 Å². The molecule has 25 heavy (non-hydrogen) atoms. The molecule has 0 saturated carbocycles. The summed E-state index contributed by atoms with van der Waals surface area (Å²) in [5, 5.41) is 18.9. The van der Waals surface area contributed by atoms with E-state index in [0.717, 1.165) is 18.7 Å². The third-order valence-corrected chi connectivity index (χ3v) is 3.86. The number of aromatic nitrogens is 3. The molecule has 1 atom stereocenters. The van der Waals surface area contributed by atoms with Gasteiger partial charge in [0.2, 0.25) is 0 Å². The van der Waals surface area contributed by atoms with Crippen LogP contribution in [0.1, 0.15) is 31.7 Å². The van der Waals surface area contributed by atoms with Crippen molar-refractivity contribution in [2.45, 2.75) is 45.4 Å². The Kier molecular flexibility index (Phi) is 4.84. The summed E-state index contributed by atoms with van der Waals surface area (Å²) >= 11 is 0. The van der Waals surface area contributed by atoms with E-state index in [1.54, 1.807) is 22.9 Å². The molecule has 1 aromatic heterocycles. The summed E-state index contributed by atoms with van der Waals surface area (Å²) in [7, 11) is 0. The highest BCUT2D eigenvalue weighted by atomic mass is 16.5. The van der Waals surface area contributed by atoms with Gasteiger partial charge in [-0.25, -0.2) is 14.5 Å². The van der Waals surface area contributed by atoms with Crippen molar-refractivity contribution in [3.63, 3.8) is 0 Å². The monoisotopic (exact) mass is 340 g/mol. The molecule has 0 bridgehead atoms. The zero-order valence-corrected chi connectivity index (χ0v) is 14.2. The SMILES string of the molecule is CC(C)Oc1ccc(C#N)cc1NC(=O)N[C@@H]1CCc2ncnn2C1. The lowest BCUT2D eigenvalue weighted by Crippen LogP contribution is -2.43. The van der Waals surface area contributed by atoms with Crippen LogP contribution in [0.4, 0.5) is 10.5 Å². The number of anilines is 1. The van der Waals surface area contributed by atoms with Gasteiger partial charge in [0.1, 0.15) is 17.9 Å². The minimum Gasteiger partial charge on any atom is -0.489 e. The van der Waals surface area contributed by atoms with Gasteiger partial charge in [-0.2, -0.15) is 10.4 Å². The summed E-state index contributed by atoms with van der Waals surface area (Å²) in [6.07, 6.45) is 3.07.